The number of piperidine rings is 2. The highest BCUT2D eigenvalue weighted by Gasteiger charge is 2.39. The number of ether oxygens (including phenoxy) is 1. The van der Waals surface area contributed by atoms with Crippen molar-refractivity contribution in [1.82, 2.24) is 9.88 Å². The maximum absolute atomic E-state index is 5.31. The molecule has 2 fully saturated rings. The van der Waals surface area contributed by atoms with Gasteiger partial charge in [0.15, 0.2) is 0 Å². The Morgan fingerprint density at radius 2 is 1.91 bits per heavy atom. The van der Waals surface area contributed by atoms with Gasteiger partial charge in [0.05, 0.1) is 12.8 Å². The van der Waals surface area contributed by atoms with Crippen LogP contribution in [-0.4, -0.2) is 36.6 Å². The number of hydrogen-bond donors (Lipinski definition) is 0. The second-order valence-corrected chi connectivity index (χ2v) is 6.93. The fraction of sp³-hybridized carbons (Fsp3) is 0.450. The highest BCUT2D eigenvalue weighted by molar-refractivity contribution is 5.61. The molecule has 0 unspecified atom stereocenters. The molecule has 3 nitrogen and oxygen atoms in total. The molecule has 1 aromatic carbocycles. The number of nitrogens with zero attached hydrogens (tertiary/aromatic N) is 2. The Morgan fingerprint density at radius 1 is 1.09 bits per heavy atom. The van der Waals surface area contributed by atoms with Gasteiger partial charge in [0, 0.05) is 23.7 Å². The zero-order valence-electron chi connectivity index (χ0n) is 13.8. The molecule has 4 rings (SSSR count). The molecule has 3 heteroatoms. The molecule has 120 valence electrons. The summed E-state index contributed by atoms with van der Waals surface area (Å²) in [6, 6.07) is 12.6. The van der Waals surface area contributed by atoms with Gasteiger partial charge in [-0.2, -0.15) is 0 Å². The predicted octanol–water partition coefficient (Wildman–Crippen LogP) is 3.88. The molecule has 2 saturated heterocycles. The third-order valence-corrected chi connectivity index (χ3v) is 5.53. The Hall–Kier alpha value is -1.87. The van der Waals surface area contributed by atoms with E-state index in [-0.39, 0.29) is 0 Å². The Labute approximate surface area is 138 Å². The molecule has 2 aromatic rings. The summed E-state index contributed by atoms with van der Waals surface area (Å²) in [6.07, 6.45) is 7.37. The summed E-state index contributed by atoms with van der Waals surface area (Å²) in [6.45, 7) is 3.77. The van der Waals surface area contributed by atoms with Crippen LogP contribution in [0.4, 0.5) is 0 Å². The lowest BCUT2D eigenvalue weighted by Gasteiger charge is -2.47. The van der Waals surface area contributed by atoms with Gasteiger partial charge in [-0.25, -0.2) is 0 Å². The number of methoxy groups -OCH3 is 1. The van der Waals surface area contributed by atoms with Crippen LogP contribution in [0.25, 0.3) is 11.3 Å². The van der Waals surface area contributed by atoms with E-state index in [0.717, 1.165) is 17.0 Å². The van der Waals surface area contributed by atoms with Gasteiger partial charge < -0.3 is 9.64 Å². The summed E-state index contributed by atoms with van der Waals surface area (Å²) in [5.41, 5.74) is 3.90. The lowest BCUT2D eigenvalue weighted by Crippen LogP contribution is -2.50. The van der Waals surface area contributed by atoms with Gasteiger partial charge in [0.1, 0.15) is 5.75 Å². The first-order chi connectivity index (χ1) is 11.3. The van der Waals surface area contributed by atoms with E-state index in [1.807, 2.05) is 18.2 Å². The molecule has 23 heavy (non-hydrogen) atoms. The third-order valence-electron chi connectivity index (χ3n) is 5.53. The van der Waals surface area contributed by atoms with Crippen LogP contribution >= 0.6 is 0 Å². The smallest absolute Gasteiger partial charge is 0.119 e. The topological polar surface area (TPSA) is 25.4 Å². The second-order valence-electron chi connectivity index (χ2n) is 6.93. The van der Waals surface area contributed by atoms with E-state index in [1.165, 1.54) is 50.9 Å². The van der Waals surface area contributed by atoms with Crippen LogP contribution in [0.1, 0.15) is 31.2 Å². The molecule has 2 aliphatic rings. The fourth-order valence-electron chi connectivity index (χ4n) is 4.30. The normalized spacial score (nSPS) is 26.7. The van der Waals surface area contributed by atoms with Crippen LogP contribution in [0.15, 0.2) is 42.6 Å². The number of fused-ring (bicyclic) bond motifs is 2. The zero-order valence-corrected chi connectivity index (χ0v) is 13.8. The SMILES string of the molecule is COc1cccc(-c2ccc(C34CCCN(CCC3)C4)cn2)c1. The van der Waals surface area contributed by atoms with Crippen LogP contribution in [0, 0.1) is 0 Å². The molecule has 0 radical (unpaired) electrons. The lowest BCUT2D eigenvalue weighted by atomic mass is 9.69. The first kappa shape index (κ1) is 14.7. The van der Waals surface area contributed by atoms with Crippen molar-refractivity contribution in [2.45, 2.75) is 31.1 Å². The molecular formula is C20H24N2O. The van der Waals surface area contributed by atoms with Crippen LogP contribution in [-0.2, 0) is 5.41 Å². The summed E-state index contributed by atoms with van der Waals surface area (Å²) >= 11 is 0. The molecule has 0 atom stereocenters. The van der Waals surface area contributed by atoms with Gasteiger partial charge in [0.2, 0.25) is 0 Å². The lowest BCUT2D eigenvalue weighted by molar-refractivity contribution is 0.0941. The molecule has 2 bridgehead atoms. The third kappa shape index (κ3) is 2.74. The summed E-state index contributed by atoms with van der Waals surface area (Å²) in [5, 5.41) is 0. The zero-order chi connectivity index (χ0) is 15.7. The van der Waals surface area contributed by atoms with E-state index >= 15 is 0 Å². The van der Waals surface area contributed by atoms with Crippen LogP contribution in [0.3, 0.4) is 0 Å². The van der Waals surface area contributed by atoms with Crippen molar-refractivity contribution in [1.29, 1.82) is 0 Å². The first-order valence-corrected chi connectivity index (χ1v) is 8.62. The summed E-state index contributed by atoms with van der Waals surface area (Å²) < 4.78 is 5.31. The van der Waals surface area contributed by atoms with E-state index in [1.54, 1.807) is 7.11 Å². The highest BCUT2D eigenvalue weighted by atomic mass is 16.5. The molecule has 0 aliphatic carbocycles. The Balaban J connectivity index is 1.62. The molecule has 0 saturated carbocycles. The maximum atomic E-state index is 5.31. The Kier molecular flexibility index (Phi) is 3.82. The molecule has 0 amide bonds. The summed E-state index contributed by atoms with van der Waals surface area (Å²) in [5.74, 6) is 0.877. The van der Waals surface area contributed by atoms with E-state index in [9.17, 15) is 0 Å². The Bertz CT molecular complexity index is 670. The Morgan fingerprint density at radius 3 is 2.61 bits per heavy atom. The molecule has 3 heterocycles. The maximum Gasteiger partial charge on any atom is 0.119 e. The van der Waals surface area contributed by atoms with Gasteiger partial charge in [-0.15, -0.1) is 0 Å². The largest absolute Gasteiger partial charge is 0.497 e. The van der Waals surface area contributed by atoms with Crippen molar-refractivity contribution in [3.05, 3.63) is 48.2 Å². The summed E-state index contributed by atoms with van der Waals surface area (Å²) in [7, 11) is 1.70. The second kappa shape index (κ2) is 5.97. The standard InChI is InChI=1S/C20H24N2O/c1-23-18-6-2-5-16(13-18)19-8-7-17(14-21-19)20-9-3-11-22(15-20)12-4-10-20/h2,5-8,13-14H,3-4,9-12,15H2,1H3. The van der Waals surface area contributed by atoms with Crippen molar-refractivity contribution < 1.29 is 4.74 Å². The van der Waals surface area contributed by atoms with E-state index in [2.05, 4.69) is 29.3 Å². The molecule has 1 aromatic heterocycles. The van der Waals surface area contributed by atoms with Gasteiger partial charge in [-0.3, -0.25) is 4.98 Å². The summed E-state index contributed by atoms with van der Waals surface area (Å²) in [4.78, 5) is 7.40. The van der Waals surface area contributed by atoms with Crippen molar-refractivity contribution in [3.63, 3.8) is 0 Å². The van der Waals surface area contributed by atoms with Crippen molar-refractivity contribution in [3.8, 4) is 17.0 Å². The highest BCUT2D eigenvalue weighted by Crippen LogP contribution is 2.41. The molecule has 0 spiro atoms. The minimum Gasteiger partial charge on any atom is -0.497 e. The average Bonchev–Trinajstić information content (AvgIpc) is 2.62. The van der Waals surface area contributed by atoms with Gasteiger partial charge in [-0.1, -0.05) is 18.2 Å². The van der Waals surface area contributed by atoms with Gasteiger partial charge in [-0.05, 0) is 62.5 Å². The molecule has 0 N–H and O–H groups in total. The van der Waals surface area contributed by atoms with Crippen LogP contribution in [0.5, 0.6) is 5.75 Å². The molecular weight excluding hydrogens is 284 g/mol. The number of hydrogen-bond acceptors (Lipinski definition) is 3. The molecule has 2 aliphatic heterocycles. The number of aromatic nitrogens is 1. The fourth-order valence-corrected chi connectivity index (χ4v) is 4.30. The minimum atomic E-state index is 0.344. The van der Waals surface area contributed by atoms with Gasteiger partial charge in [0.25, 0.3) is 0 Å². The quantitative estimate of drug-likeness (QED) is 0.860. The predicted molar refractivity (Wildman–Crippen MR) is 92.8 cm³/mol. The number of rotatable bonds is 3. The van der Waals surface area contributed by atoms with Crippen LogP contribution in [0.2, 0.25) is 0 Å². The van der Waals surface area contributed by atoms with Crippen molar-refractivity contribution >= 4 is 0 Å². The van der Waals surface area contributed by atoms with Crippen LogP contribution < -0.4 is 4.74 Å². The van der Waals surface area contributed by atoms with E-state index in [4.69, 9.17) is 9.72 Å². The minimum absolute atomic E-state index is 0.344. The number of pyridine rings is 1. The van der Waals surface area contributed by atoms with Crippen molar-refractivity contribution in [2.24, 2.45) is 0 Å². The van der Waals surface area contributed by atoms with E-state index < -0.39 is 0 Å². The average molecular weight is 308 g/mol. The number of benzene rings is 1. The monoisotopic (exact) mass is 308 g/mol. The first-order valence-electron chi connectivity index (χ1n) is 8.62. The van der Waals surface area contributed by atoms with Crippen molar-refractivity contribution in [2.75, 3.05) is 26.7 Å². The van der Waals surface area contributed by atoms with E-state index in [0.29, 0.717) is 5.41 Å². The van der Waals surface area contributed by atoms with Gasteiger partial charge >= 0.3 is 0 Å².